The van der Waals surface area contributed by atoms with Crippen molar-refractivity contribution in [1.82, 2.24) is 5.09 Å². The molecular formula is C6H16NO2PS. The fraction of sp³-hybridized carbons (Fsp3) is 1.00. The Hall–Kier alpha value is 0.660. The van der Waals surface area contributed by atoms with Crippen LogP contribution in [0.5, 0.6) is 0 Å². The van der Waals surface area contributed by atoms with Crippen LogP contribution < -0.4 is 5.09 Å². The molecule has 0 radical (unpaired) electrons. The summed E-state index contributed by atoms with van der Waals surface area (Å²) in [6, 6.07) is 0.436. The molecule has 1 unspecified atom stereocenters. The molecule has 0 aromatic heterocycles. The molecule has 1 rings (SSSR count). The van der Waals surface area contributed by atoms with Gasteiger partial charge in [0.25, 0.3) is 0 Å². The van der Waals surface area contributed by atoms with Crippen molar-refractivity contribution in [3.63, 3.8) is 0 Å². The van der Waals surface area contributed by atoms with Gasteiger partial charge in [0.1, 0.15) is 0 Å². The van der Waals surface area contributed by atoms with Crippen molar-refractivity contribution in [3.8, 4) is 0 Å². The number of hydrogen-bond acceptors (Lipinski definition) is 4. The molecule has 1 aliphatic rings. The standard InChI is InChI=1S/C6H16NO2PS/c1-3-6-5-9-10(11,7-6)8-4-2/h6-7,10-11H,3-5H2,1-2H3. The molecule has 1 heterocycles. The predicted octanol–water partition coefficient (Wildman–Crippen LogP) is 1.76. The first-order valence-corrected chi connectivity index (χ1v) is 7.08. The number of thiol groups is 1. The first kappa shape index (κ1) is 9.75. The summed E-state index contributed by atoms with van der Waals surface area (Å²) < 4.78 is 10.8. The fourth-order valence-corrected chi connectivity index (χ4v) is 4.08. The van der Waals surface area contributed by atoms with Crippen LogP contribution in [0.3, 0.4) is 0 Å². The molecule has 5 heteroatoms. The monoisotopic (exact) mass is 197 g/mol. The first-order valence-electron chi connectivity index (χ1n) is 3.98. The molecule has 0 aromatic rings. The van der Waals surface area contributed by atoms with Gasteiger partial charge in [-0.1, -0.05) is 0 Å². The van der Waals surface area contributed by atoms with E-state index in [0.717, 1.165) is 13.0 Å². The molecule has 0 saturated carbocycles. The van der Waals surface area contributed by atoms with Gasteiger partial charge in [0.05, 0.1) is 0 Å². The van der Waals surface area contributed by atoms with Crippen LogP contribution in [0.1, 0.15) is 20.3 Å². The molecule has 1 aliphatic heterocycles. The summed E-state index contributed by atoms with van der Waals surface area (Å²) in [5.74, 6) is 0. The minimum atomic E-state index is -2.23. The van der Waals surface area contributed by atoms with Crippen LogP contribution in [0.25, 0.3) is 0 Å². The molecule has 11 heavy (non-hydrogen) atoms. The van der Waals surface area contributed by atoms with Crippen molar-refractivity contribution < 1.29 is 9.05 Å². The van der Waals surface area contributed by atoms with E-state index in [4.69, 9.17) is 9.05 Å². The molecule has 3 nitrogen and oxygen atoms in total. The fourth-order valence-electron chi connectivity index (χ4n) is 1.05. The Morgan fingerprint density at radius 1 is 1.73 bits per heavy atom. The van der Waals surface area contributed by atoms with E-state index in [9.17, 15) is 0 Å². The molecule has 1 fully saturated rings. The Labute approximate surface area is 73.6 Å². The zero-order valence-electron chi connectivity index (χ0n) is 6.96. The number of hydrogen-bond donors (Lipinski definition) is 2. The zero-order valence-corrected chi connectivity index (χ0v) is 8.86. The molecule has 0 aliphatic carbocycles. The van der Waals surface area contributed by atoms with E-state index < -0.39 is 7.07 Å². The molecule has 68 valence electrons. The van der Waals surface area contributed by atoms with Gasteiger partial charge in [0.15, 0.2) is 0 Å². The Balaban J connectivity index is 2.37. The molecule has 1 atom stereocenters. The molecule has 0 spiro atoms. The Morgan fingerprint density at radius 3 is 2.91 bits per heavy atom. The third kappa shape index (κ3) is 2.56. The maximum atomic E-state index is 5.45. The Morgan fingerprint density at radius 2 is 2.45 bits per heavy atom. The van der Waals surface area contributed by atoms with Gasteiger partial charge in [-0.05, 0) is 0 Å². The van der Waals surface area contributed by atoms with Crippen molar-refractivity contribution >= 4 is 19.3 Å². The summed E-state index contributed by atoms with van der Waals surface area (Å²) in [6.07, 6.45) is 1.07. The normalized spacial score (nSPS) is 32.1. The zero-order chi connectivity index (χ0) is 8.32. The van der Waals surface area contributed by atoms with E-state index in [1.807, 2.05) is 6.92 Å². The van der Waals surface area contributed by atoms with Gasteiger partial charge in [-0.3, -0.25) is 0 Å². The van der Waals surface area contributed by atoms with Crippen LogP contribution in [0.4, 0.5) is 0 Å². The molecule has 0 aromatic carbocycles. The first-order chi connectivity index (χ1) is 5.20. The van der Waals surface area contributed by atoms with Crippen LogP contribution in [0, 0.1) is 0 Å². The van der Waals surface area contributed by atoms with Crippen LogP contribution in [0.2, 0.25) is 0 Å². The average molecular weight is 197 g/mol. The van der Waals surface area contributed by atoms with Gasteiger partial charge in [-0.15, -0.1) is 0 Å². The maximum absolute atomic E-state index is 5.45. The molecule has 1 N–H and O–H groups in total. The van der Waals surface area contributed by atoms with E-state index in [1.165, 1.54) is 0 Å². The second kappa shape index (κ2) is 4.06. The van der Waals surface area contributed by atoms with E-state index in [0.29, 0.717) is 12.6 Å². The van der Waals surface area contributed by atoms with Gasteiger partial charge < -0.3 is 0 Å². The Kier molecular flexibility index (Phi) is 3.59. The van der Waals surface area contributed by atoms with Crippen molar-refractivity contribution in [3.05, 3.63) is 0 Å². The van der Waals surface area contributed by atoms with Crippen molar-refractivity contribution in [2.24, 2.45) is 0 Å². The number of rotatable bonds is 3. The molecular weight excluding hydrogens is 181 g/mol. The molecule has 0 amide bonds. The Bertz CT molecular complexity index is 138. The SMILES string of the molecule is CCO[PH]1(S)NC(CC)CO1. The summed E-state index contributed by atoms with van der Waals surface area (Å²) in [5.41, 5.74) is 0. The minimum absolute atomic E-state index is 0.436. The summed E-state index contributed by atoms with van der Waals surface area (Å²) in [5, 5.41) is 3.28. The van der Waals surface area contributed by atoms with Crippen LogP contribution in [-0.4, -0.2) is 19.3 Å². The van der Waals surface area contributed by atoms with Gasteiger partial charge in [-0.2, -0.15) is 0 Å². The van der Waals surface area contributed by atoms with Gasteiger partial charge in [0, 0.05) is 0 Å². The summed E-state index contributed by atoms with van der Waals surface area (Å²) in [6.45, 7) is 5.49. The van der Waals surface area contributed by atoms with E-state index in [-0.39, 0.29) is 0 Å². The topological polar surface area (TPSA) is 30.5 Å². The third-order valence-electron chi connectivity index (χ3n) is 1.70. The van der Waals surface area contributed by atoms with Crippen molar-refractivity contribution in [2.45, 2.75) is 26.3 Å². The predicted molar refractivity (Wildman–Crippen MR) is 52.1 cm³/mol. The average Bonchev–Trinajstić information content (AvgIpc) is 2.33. The van der Waals surface area contributed by atoms with E-state index in [1.54, 1.807) is 0 Å². The van der Waals surface area contributed by atoms with Gasteiger partial charge >= 0.3 is 73.0 Å². The summed E-state index contributed by atoms with van der Waals surface area (Å²) >= 11 is 4.36. The third-order valence-corrected chi connectivity index (χ3v) is 4.87. The molecule has 0 bridgehead atoms. The quantitative estimate of drug-likeness (QED) is 0.534. The van der Waals surface area contributed by atoms with Crippen LogP contribution in [0.15, 0.2) is 0 Å². The second-order valence-corrected chi connectivity index (χ2v) is 6.37. The van der Waals surface area contributed by atoms with E-state index >= 15 is 0 Å². The van der Waals surface area contributed by atoms with Crippen molar-refractivity contribution in [1.29, 1.82) is 0 Å². The number of nitrogens with one attached hydrogen (secondary N) is 1. The molecule has 1 saturated heterocycles. The summed E-state index contributed by atoms with van der Waals surface area (Å²) in [4.78, 5) is 0. The van der Waals surface area contributed by atoms with Gasteiger partial charge in [0.2, 0.25) is 0 Å². The second-order valence-electron chi connectivity index (χ2n) is 2.58. The van der Waals surface area contributed by atoms with E-state index in [2.05, 4.69) is 24.3 Å². The van der Waals surface area contributed by atoms with Crippen molar-refractivity contribution in [2.75, 3.05) is 13.2 Å². The summed E-state index contributed by atoms with van der Waals surface area (Å²) in [7, 11) is -2.23. The van der Waals surface area contributed by atoms with Gasteiger partial charge in [-0.25, -0.2) is 0 Å². The van der Waals surface area contributed by atoms with Crippen LogP contribution >= 0.6 is 19.3 Å². The van der Waals surface area contributed by atoms with Crippen LogP contribution in [-0.2, 0) is 9.05 Å².